The fourth-order valence-electron chi connectivity index (χ4n) is 4.04. The number of rotatable bonds is 4. The highest BCUT2D eigenvalue weighted by Gasteiger charge is 2.33. The van der Waals surface area contributed by atoms with Crippen molar-refractivity contribution in [2.75, 3.05) is 13.1 Å². The molecule has 1 aromatic heterocycles. The first-order valence-electron chi connectivity index (χ1n) is 9.46. The molecule has 2 fully saturated rings. The van der Waals surface area contributed by atoms with Crippen LogP contribution in [0.3, 0.4) is 0 Å². The van der Waals surface area contributed by atoms with Crippen LogP contribution in [-0.4, -0.2) is 40.0 Å². The molecule has 1 aromatic rings. The molecule has 1 aliphatic carbocycles. The maximum Gasteiger partial charge on any atom is 0.316 e. The van der Waals surface area contributed by atoms with Crippen LogP contribution in [0.15, 0.2) is 12.4 Å². The van der Waals surface area contributed by atoms with Gasteiger partial charge in [0.05, 0.1) is 24.0 Å². The average molecular weight is 366 g/mol. The molecule has 1 amide bonds. The number of hydrogen-bond acceptors (Lipinski definition) is 4. The van der Waals surface area contributed by atoms with Crippen LogP contribution >= 0.6 is 11.6 Å². The Labute approximate surface area is 155 Å². The van der Waals surface area contributed by atoms with Crippen molar-refractivity contribution in [1.29, 1.82) is 0 Å². The summed E-state index contributed by atoms with van der Waals surface area (Å²) in [7, 11) is 0. The van der Waals surface area contributed by atoms with Gasteiger partial charge in [-0.25, -0.2) is 9.97 Å². The van der Waals surface area contributed by atoms with Gasteiger partial charge < -0.3 is 9.64 Å². The zero-order valence-electron chi connectivity index (χ0n) is 15.2. The fraction of sp³-hybridized carbons (Fsp3) is 0.737. The largest absolute Gasteiger partial charge is 0.458 e. The standard InChI is InChI=1S/C19H28ClN3O2/c1-13(2)14-5-7-15(8-6-14)18(24)23-9-3-4-17(12-23)25-19-21-10-16(20)11-22-19/h10-11,13-15,17H,3-9,12H2,1-2H3. The number of hydrogen-bond donors (Lipinski definition) is 0. The van der Waals surface area contributed by atoms with Crippen LogP contribution in [0.5, 0.6) is 6.01 Å². The molecule has 1 saturated heterocycles. The molecule has 0 N–H and O–H groups in total. The van der Waals surface area contributed by atoms with E-state index in [0.29, 0.717) is 23.5 Å². The summed E-state index contributed by atoms with van der Waals surface area (Å²) in [5.41, 5.74) is 0. The smallest absolute Gasteiger partial charge is 0.316 e. The lowest BCUT2D eigenvalue weighted by Gasteiger charge is -2.37. The first-order chi connectivity index (χ1) is 12.0. The van der Waals surface area contributed by atoms with Crippen LogP contribution in [0.1, 0.15) is 52.4 Å². The Hall–Kier alpha value is -1.36. The highest BCUT2D eigenvalue weighted by atomic mass is 35.5. The summed E-state index contributed by atoms with van der Waals surface area (Å²) in [6, 6.07) is 0.334. The maximum absolute atomic E-state index is 12.9. The number of likely N-dealkylation sites (tertiary alicyclic amines) is 1. The van der Waals surface area contributed by atoms with Crippen LogP contribution in [0.25, 0.3) is 0 Å². The molecule has 1 saturated carbocycles. The van der Waals surface area contributed by atoms with E-state index in [0.717, 1.165) is 44.1 Å². The number of halogens is 1. The van der Waals surface area contributed by atoms with Crippen LogP contribution in [0, 0.1) is 17.8 Å². The van der Waals surface area contributed by atoms with E-state index in [2.05, 4.69) is 23.8 Å². The Bertz CT molecular complexity index is 571. The summed E-state index contributed by atoms with van der Waals surface area (Å²) < 4.78 is 5.85. The summed E-state index contributed by atoms with van der Waals surface area (Å²) in [5.74, 6) is 2.01. The summed E-state index contributed by atoms with van der Waals surface area (Å²) >= 11 is 5.80. The Morgan fingerprint density at radius 2 is 1.88 bits per heavy atom. The zero-order valence-corrected chi connectivity index (χ0v) is 15.9. The Morgan fingerprint density at radius 3 is 2.52 bits per heavy atom. The van der Waals surface area contributed by atoms with Crippen molar-refractivity contribution in [3.05, 3.63) is 17.4 Å². The van der Waals surface area contributed by atoms with Crippen LogP contribution in [-0.2, 0) is 4.79 Å². The minimum absolute atomic E-state index is 0.0362. The van der Waals surface area contributed by atoms with Crippen molar-refractivity contribution >= 4 is 17.5 Å². The number of amides is 1. The van der Waals surface area contributed by atoms with E-state index in [-0.39, 0.29) is 12.0 Å². The van der Waals surface area contributed by atoms with Crippen molar-refractivity contribution in [1.82, 2.24) is 14.9 Å². The fourth-order valence-corrected chi connectivity index (χ4v) is 4.13. The van der Waals surface area contributed by atoms with Gasteiger partial charge in [-0.2, -0.15) is 0 Å². The van der Waals surface area contributed by atoms with E-state index < -0.39 is 0 Å². The van der Waals surface area contributed by atoms with Crippen molar-refractivity contribution in [2.24, 2.45) is 17.8 Å². The van der Waals surface area contributed by atoms with Crippen molar-refractivity contribution in [3.8, 4) is 6.01 Å². The molecule has 25 heavy (non-hydrogen) atoms. The van der Waals surface area contributed by atoms with Gasteiger partial charge in [0, 0.05) is 12.5 Å². The molecule has 0 bridgehead atoms. The lowest BCUT2D eigenvalue weighted by Crippen LogP contribution is -2.47. The maximum atomic E-state index is 12.9. The van der Waals surface area contributed by atoms with E-state index in [4.69, 9.17) is 16.3 Å². The summed E-state index contributed by atoms with van der Waals surface area (Å²) in [5, 5.41) is 0.491. The zero-order chi connectivity index (χ0) is 17.8. The van der Waals surface area contributed by atoms with E-state index in [1.807, 2.05) is 4.90 Å². The molecule has 5 nitrogen and oxygen atoms in total. The molecule has 2 aliphatic rings. The second kappa shape index (κ2) is 8.35. The molecular weight excluding hydrogens is 338 g/mol. The van der Waals surface area contributed by atoms with Gasteiger partial charge in [0.1, 0.15) is 6.10 Å². The molecule has 1 aliphatic heterocycles. The summed E-state index contributed by atoms with van der Waals surface area (Å²) in [4.78, 5) is 23.1. The normalized spacial score (nSPS) is 27.4. The highest BCUT2D eigenvalue weighted by molar-refractivity contribution is 6.30. The minimum Gasteiger partial charge on any atom is -0.458 e. The third-order valence-corrected chi connectivity index (χ3v) is 5.82. The molecule has 1 unspecified atom stereocenters. The van der Waals surface area contributed by atoms with Crippen molar-refractivity contribution < 1.29 is 9.53 Å². The van der Waals surface area contributed by atoms with Gasteiger partial charge in [-0.1, -0.05) is 25.4 Å². The first-order valence-corrected chi connectivity index (χ1v) is 9.83. The number of nitrogens with zero attached hydrogens (tertiary/aromatic N) is 3. The van der Waals surface area contributed by atoms with Gasteiger partial charge in [-0.15, -0.1) is 0 Å². The quantitative estimate of drug-likeness (QED) is 0.810. The molecule has 0 radical (unpaired) electrons. The average Bonchev–Trinajstić information content (AvgIpc) is 2.63. The van der Waals surface area contributed by atoms with Crippen molar-refractivity contribution in [2.45, 2.75) is 58.5 Å². The van der Waals surface area contributed by atoms with E-state index in [1.165, 1.54) is 25.2 Å². The third kappa shape index (κ3) is 4.84. The molecule has 1 atom stereocenters. The summed E-state index contributed by atoms with van der Waals surface area (Å²) in [6.07, 6.45) is 9.34. The Morgan fingerprint density at radius 1 is 1.20 bits per heavy atom. The minimum atomic E-state index is -0.0362. The predicted octanol–water partition coefficient (Wildman–Crippen LogP) is 3.96. The Kier molecular flexibility index (Phi) is 6.15. The Balaban J connectivity index is 1.52. The number of carbonyl (C=O) groups is 1. The number of piperidine rings is 1. The molecule has 6 heteroatoms. The van der Waals surface area contributed by atoms with Gasteiger partial charge in [0.2, 0.25) is 5.91 Å². The van der Waals surface area contributed by atoms with E-state index in [1.54, 1.807) is 0 Å². The van der Waals surface area contributed by atoms with E-state index >= 15 is 0 Å². The molecular formula is C19H28ClN3O2. The molecule has 0 spiro atoms. The predicted molar refractivity (Wildman–Crippen MR) is 97.6 cm³/mol. The molecule has 0 aromatic carbocycles. The van der Waals surface area contributed by atoms with Gasteiger partial charge in [0.25, 0.3) is 0 Å². The van der Waals surface area contributed by atoms with Crippen LogP contribution in [0.2, 0.25) is 5.02 Å². The molecule has 3 rings (SSSR count). The SMILES string of the molecule is CC(C)C1CCC(C(=O)N2CCCC(Oc3ncc(Cl)cn3)C2)CC1. The topological polar surface area (TPSA) is 55.3 Å². The van der Waals surface area contributed by atoms with Gasteiger partial charge in [0.15, 0.2) is 0 Å². The first kappa shape index (κ1) is 18.4. The van der Waals surface area contributed by atoms with Gasteiger partial charge >= 0.3 is 6.01 Å². The van der Waals surface area contributed by atoms with Crippen LogP contribution in [0.4, 0.5) is 0 Å². The van der Waals surface area contributed by atoms with Crippen molar-refractivity contribution in [3.63, 3.8) is 0 Å². The van der Waals surface area contributed by atoms with E-state index in [9.17, 15) is 4.79 Å². The van der Waals surface area contributed by atoms with Gasteiger partial charge in [-0.05, 0) is 50.4 Å². The number of ether oxygens (including phenoxy) is 1. The second-order valence-corrected chi connectivity index (χ2v) is 8.14. The lowest BCUT2D eigenvalue weighted by molar-refractivity contribution is -0.139. The monoisotopic (exact) mass is 365 g/mol. The number of carbonyl (C=O) groups excluding carboxylic acids is 1. The highest BCUT2D eigenvalue weighted by Crippen LogP contribution is 2.34. The van der Waals surface area contributed by atoms with Crippen LogP contribution < -0.4 is 4.74 Å². The molecule has 2 heterocycles. The van der Waals surface area contributed by atoms with Gasteiger partial charge in [-0.3, -0.25) is 4.79 Å². The third-order valence-electron chi connectivity index (χ3n) is 5.62. The molecule has 138 valence electrons. The lowest BCUT2D eigenvalue weighted by atomic mass is 9.76. The second-order valence-electron chi connectivity index (χ2n) is 7.71. The summed E-state index contributed by atoms with van der Waals surface area (Å²) in [6.45, 7) is 6.05. The number of aromatic nitrogens is 2.